The second-order valence-electron chi connectivity index (χ2n) is 5.73. The largest absolute Gasteiger partial charge is 0.440 e. The van der Waals surface area contributed by atoms with Gasteiger partial charge in [-0.1, -0.05) is 41.4 Å². The average molecular weight is 432 g/mol. The zero-order valence-corrected chi connectivity index (χ0v) is 15.2. The first kappa shape index (κ1) is 20.0. The normalized spacial score (nSPS) is 19.5. The number of benzene rings is 2. The van der Waals surface area contributed by atoms with Crippen molar-refractivity contribution in [3.05, 3.63) is 64.1 Å². The van der Waals surface area contributed by atoms with Crippen LogP contribution in [-0.2, 0) is 4.79 Å². The quantitative estimate of drug-likeness (QED) is 0.726. The van der Waals surface area contributed by atoms with Crippen molar-refractivity contribution in [2.45, 2.75) is 11.8 Å². The Morgan fingerprint density at radius 1 is 1.07 bits per heavy atom. The molecule has 1 aliphatic rings. The van der Waals surface area contributed by atoms with Crippen LogP contribution in [0.15, 0.2) is 48.5 Å². The maximum Gasteiger partial charge on any atom is 0.440 e. The summed E-state index contributed by atoms with van der Waals surface area (Å²) in [5, 5.41) is 3.06. The third kappa shape index (κ3) is 3.27. The predicted molar refractivity (Wildman–Crippen MR) is 95.2 cm³/mol. The highest BCUT2D eigenvalue weighted by Crippen LogP contribution is 2.36. The van der Waals surface area contributed by atoms with E-state index >= 15 is 0 Å². The van der Waals surface area contributed by atoms with Gasteiger partial charge in [0.15, 0.2) is 0 Å². The van der Waals surface area contributed by atoms with Gasteiger partial charge in [-0.2, -0.15) is 13.2 Å². The molecule has 0 radical (unpaired) electrons. The smallest absolute Gasteiger partial charge is 0.314 e. The van der Waals surface area contributed by atoms with E-state index in [0.717, 1.165) is 12.1 Å². The van der Waals surface area contributed by atoms with E-state index in [1.165, 1.54) is 30.3 Å². The molecule has 0 aromatic heterocycles. The van der Waals surface area contributed by atoms with Crippen LogP contribution < -0.4 is 15.5 Å². The molecule has 28 heavy (non-hydrogen) atoms. The summed E-state index contributed by atoms with van der Waals surface area (Å²) in [6.45, 7) is 0. The van der Waals surface area contributed by atoms with E-state index < -0.39 is 29.7 Å². The summed E-state index contributed by atoms with van der Waals surface area (Å²) >= 11 is 11.6. The summed E-state index contributed by atoms with van der Waals surface area (Å²) in [5.41, 5.74) is -4.09. The van der Waals surface area contributed by atoms with Crippen molar-refractivity contribution in [3.63, 3.8) is 0 Å². The van der Waals surface area contributed by atoms with Crippen molar-refractivity contribution >= 4 is 46.7 Å². The Labute approximate surface area is 166 Å². The molecule has 2 aromatic carbocycles. The summed E-state index contributed by atoms with van der Waals surface area (Å²) in [7, 11) is 0. The highest BCUT2D eigenvalue weighted by atomic mass is 35.5. The molecule has 0 bridgehead atoms. The molecule has 0 spiro atoms. The summed E-state index contributed by atoms with van der Waals surface area (Å²) in [6, 6.07) is 9.16. The van der Waals surface area contributed by atoms with Crippen LogP contribution in [0, 0.1) is 0 Å². The number of anilines is 1. The van der Waals surface area contributed by atoms with E-state index in [2.05, 4.69) is 0 Å². The number of hydrogen-bond donors (Lipinski definition) is 2. The highest BCUT2D eigenvalue weighted by molar-refractivity contribution is 6.37. The molecule has 2 N–H and O–H groups in total. The van der Waals surface area contributed by atoms with Crippen molar-refractivity contribution in [3.8, 4) is 0 Å². The monoisotopic (exact) mass is 431 g/mol. The molecule has 1 atom stereocenters. The van der Waals surface area contributed by atoms with Gasteiger partial charge in [0.1, 0.15) is 0 Å². The fraction of sp³-hybridized carbons (Fsp3) is 0.118. The molecular formula is C17H10Cl2F3N3O3. The van der Waals surface area contributed by atoms with Crippen LogP contribution in [0.5, 0.6) is 0 Å². The lowest BCUT2D eigenvalue weighted by Gasteiger charge is -2.30. The first-order valence-electron chi connectivity index (χ1n) is 7.63. The van der Waals surface area contributed by atoms with Gasteiger partial charge in [0, 0.05) is 5.02 Å². The van der Waals surface area contributed by atoms with E-state index in [4.69, 9.17) is 23.2 Å². The number of alkyl halides is 3. The molecule has 11 heteroatoms. The fourth-order valence-electron chi connectivity index (χ4n) is 2.60. The van der Waals surface area contributed by atoms with Crippen LogP contribution in [0.3, 0.4) is 0 Å². The van der Waals surface area contributed by atoms with Gasteiger partial charge < -0.3 is 5.32 Å². The maximum absolute atomic E-state index is 13.8. The Morgan fingerprint density at radius 3 is 2.29 bits per heavy atom. The molecule has 4 amide bonds. The van der Waals surface area contributed by atoms with Crippen LogP contribution >= 0.6 is 23.2 Å². The van der Waals surface area contributed by atoms with Crippen LogP contribution in [-0.4, -0.2) is 29.7 Å². The summed E-state index contributed by atoms with van der Waals surface area (Å²) < 4.78 is 41.5. The van der Waals surface area contributed by atoms with E-state index in [1.54, 1.807) is 16.7 Å². The van der Waals surface area contributed by atoms with Crippen LogP contribution in [0.1, 0.15) is 10.4 Å². The van der Waals surface area contributed by atoms with Crippen molar-refractivity contribution < 1.29 is 27.6 Å². The number of amides is 4. The van der Waals surface area contributed by atoms with Crippen LogP contribution in [0.25, 0.3) is 0 Å². The Kier molecular flexibility index (Phi) is 4.99. The van der Waals surface area contributed by atoms with Gasteiger partial charge in [0.05, 0.1) is 16.3 Å². The lowest BCUT2D eigenvalue weighted by atomic mass is 10.1. The van der Waals surface area contributed by atoms with Gasteiger partial charge in [-0.05, 0) is 30.3 Å². The number of nitrogens with zero attached hydrogens (tertiary/aromatic N) is 1. The standard InChI is InChI=1S/C17H10Cl2F3N3O3/c18-9-6-7-11(12(19)8-9)13(26)23-16(17(20,21)22)14(27)25(15(28)24-16)10-4-2-1-3-5-10/h1-8H,(H,23,26)(H,24,28)/t16-/m1/s1. The molecule has 0 unspecified atom stereocenters. The average Bonchev–Trinajstić information content (AvgIpc) is 2.86. The topological polar surface area (TPSA) is 78.5 Å². The highest BCUT2D eigenvalue weighted by Gasteiger charge is 2.69. The molecule has 0 saturated carbocycles. The minimum Gasteiger partial charge on any atom is -0.314 e. The molecule has 1 heterocycles. The molecule has 3 rings (SSSR count). The number of halogens is 5. The second kappa shape index (κ2) is 6.99. The zero-order chi connectivity index (χ0) is 20.7. The number of carbonyl (C=O) groups is 3. The van der Waals surface area contributed by atoms with Gasteiger partial charge in [-0.3, -0.25) is 14.9 Å². The first-order valence-corrected chi connectivity index (χ1v) is 8.38. The molecule has 1 saturated heterocycles. The molecular weight excluding hydrogens is 422 g/mol. The second-order valence-corrected chi connectivity index (χ2v) is 6.58. The van der Waals surface area contributed by atoms with Crippen molar-refractivity contribution in [1.82, 2.24) is 10.6 Å². The van der Waals surface area contributed by atoms with E-state index in [1.807, 2.05) is 0 Å². The van der Waals surface area contributed by atoms with E-state index in [0.29, 0.717) is 4.90 Å². The lowest BCUT2D eigenvalue weighted by molar-refractivity contribution is -0.197. The van der Waals surface area contributed by atoms with E-state index in [9.17, 15) is 27.6 Å². The lowest BCUT2D eigenvalue weighted by Crippen LogP contribution is -2.69. The Hall–Kier alpha value is -2.78. The van der Waals surface area contributed by atoms with Gasteiger partial charge >= 0.3 is 12.2 Å². The Morgan fingerprint density at radius 2 is 1.71 bits per heavy atom. The van der Waals surface area contributed by atoms with Crippen LogP contribution in [0.4, 0.5) is 23.7 Å². The summed E-state index contributed by atoms with van der Waals surface area (Å²) in [4.78, 5) is 37.5. The van der Waals surface area contributed by atoms with Crippen molar-refractivity contribution in [2.75, 3.05) is 4.90 Å². The van der Waals surface area contributed by atoms with Crippen molar-refractivity contribution in [1.29, 1.82) is 0 Å². The SMILES string of the molecule is O=C(N[C@@]1(C(F)(F)F)NC(=O)N(c2ccccc2)C1=O)c1ccc(Cl)cc1Cl. The van der Waals surface area contributed by atoms with Gasteiger partial charge in [0.2, 0.25) is 0 Å². The van der Waals surface area contributed by atoms with Gasteiger partial charge in [0.25, 0.3) is 17.5 Å². The summed E-state index contributed by atoms with van der Waals surface area (Å²) in [5.74, 6) is -3.02. The Balaban J connectivity index is 2.02. The molecule has 1 fully saturated rings. The minimum absolute atomic E-state index is 0.0881. The molecule has 0 aliphatic carbocycles. The number of urea groups is 1. The van der Waals surface area contributed by atoms with E-state index in [-0.39, 0.29) is 21.3 Å². The third-order valence-corrected chi connectivity index (χ3v) is 4.49. The number of rotatable bonds is 3. The van der Waals surface area contributed by atoms with Gasteiger partial charge in [-0.15, -0.1) is 0 Å². The fourth-order valence-corrected chi connectivity index (χ4v) is 3.09. The molecule has 6 nitrogen and oxygen atoms in total. The van der Waals surface area contributed by atoms with Crippen molar-refractivity contribution in [2.24, 2.45) is 0 Å². The molecule has 1 aliphatic heterocycles. The minimum atomic E-state index is -5.34. The molecule has 2 aromatic rings. The predicted octanol–water partition coefficient (Wildman–Crippen LogP) is 3.74. The third-order valence-electron chi connectivity index (χ3n) is 3.94. The number of para-hydroxylation sites is 1. The first-order chi connectivity index (χ1) is 13.1. The maximum atomic E-state index is 13.8. The Bertz CT molecular complexity index is 969. The summed E-state index contributed by atoms with van der Waals surface area (Å²) in [6.07, 6.45) is -5.34. The van der Waals surface area contributed by atoms with Gasteiger partial charge in [-0.25, -0.2) is 9.69 Å². The number of nitrogens with one attached hydrogen (secondary N) is 2. The number of hydrogen-bond acceptors (Lipinski definition) is 3. The zero-order valence-electron chi connectivity index (χ0n) is 13.7. The number of imide groups is 1. The molecule has 146 valence electrons. The number of carbonyl (C=O) groups excluding carboxylic acids is 3. The van der Waals surface area contributed by atoms with Crippen LogP contribution in [0.2, 0.25) is 10.0 Å².